The van der Waals surface area contributed by atoms with E-state index in [1.54, 1.807) is 6.20 Å². The molecule has 0 aliphatic rings. The van der Waals surface area contributed by atoms with E-state index in [0.717, 1.165) is 15.4 Å². The summed E-state index contributed by atoms with van der Waals surface area (Å²) in [5.41, 5.74) is 1.12. The van der Waals surface area contributed by atoms with E-state index in [-0.39, 0.29) is 6.61 Å². The Bertz CT molecular complexity index is 439. The van der Waals surface area contributed by atoms with Crippen molar-refractivity contribution >= 4 is 17.8 Å². The number of hydrogen-bond acceptors (Lipinski definition) is 4. The van der Waals surface area contributed by atoms with Crippen LogP contribution in [0.3, 0.4) is 0 Å². The molecule has 0 aliphatic carbocycles. The molecule has 0 atom stereocenters. The van der Waals surface area contributed by atoms with Crippen LogP contribution in [0, 0.1) is 0 Å². The average Bonchev–Trinajstić information content (AvgIpc) is 2.76. The number of carbonyl (C=O) groups excluding carboxylic acids is 1. The lowest BCUT2D eigenvalue weighted by atomic mass is 10.2. The smallest absolute Gasteiger partial charge is 0.417 e. The topological polar surface area (TPSA) is 39.2 Å². The van der Waals surface area contributed by atoms with Crippen molar-refractivity contribution in [1.29, 1.82) is 0 Å². The lowest BCUT2D eigenvalue weighted by Crippen LogP contribution is -1.87. The highest BCUT2D eigenvalue weighted by atomic mass is 32.1. The van der Waals surface area contributed by atoms with Crippen LogP contribution >= 0.6 is 11.3 Å². The van der Waals surface area contributed by atoms with Gasteiger partial charge in [-0.3, -0.25) is 0 Å². The Hall–Kier alpha value is -1.68. The molecule has 3 nitrogen and oxygen atoms in total. The quantitative estimate of drug-likeness (QED) is 0.791. The maximum atomic E-state index is 9.88. The van der Waals surface area contributed by atoms with E-state index in [1.807, 2.05) is 30.3 Å². The molecule has 0 spiro atoms. The molecule has 75 valence electrons. The Balaban J connectivity index is 2.17. The molecule has 0 fully saturated rings. The molecule has 15 heavy (non-hydrogen) atoms. The highest BCUT2D eigenvalue weighted by Gasteiger charge is 2.03. The van der Waals surface area contributed by atoms with Gasteiger partial charge in [0.25, 0.3) is 0 Å². The summed E-state index contributed by atoms with van der Waals surface area (Å²) >= 11 is 1.51. The molecule has 0 amide bonds. The number of hydrogen-bond donors (Lipinski definition) is 0. The van der Waals surface area contributed by atoms with Gasteiger partial charge >= 0.3 is 6.47 Å². The van der Waals surface area contributed by atoms with Crippen LogP contribution in [-0.2, 0) is 16.1 Å². The van der Waals surface area contributed by atoms with Crippen LogP contribution in [0.15, 0.2) is 36.5 Å². The SMILES string of the molecule is O=[C]OCc1ncc(-c2ccccc2)s1. The monoisotopic (exact) mass is 218 g/mol. The van der Waals surface area contributed by atoms with Crippen molar-refractivity contribution in [2.75, 3.05) is 0 Å². The Morgan fingerprint density at radius 3 is 2.87 bits per heavy atom. The highest BCUT2D eigenvalue weighted by Crippen LogP contribution is 2.25. The first kappa shape index (κ1) is 9.86. The summed E-state index contributed by atoms with van der Waals surface area (Å²) in [6.45, 7) is 1.58. The fourth-order valence-electron chi connectivity index (χ4n) is 1.20. The predicted molar refractivity (Wildman–Crippen MR) is 58.0 cm³/mol. The fourth-order valence-corrected chi connectivity index (χ4v) is 2.04. The molecule has 0 saturated heterocycles. The van der Waals surface area contributed by atoms with E-state index in [2.05, 4.69) is 9.72 Å². The summed E-state index contributed by atoms with van der Waals surface area (Å²) in [6.07, 6.45) is 1.78. The number of rotatable bonds is 4. The number of benzene rings is 1. The van der Waals surface area contributed by atoms with Crippen LogP contribution in [0.2, 0.25) is 0 Å². The van der Waals surface area contributed by atoms with Crippen molar-refractivity contribution in [3.63, 3.8) is 0 Å². The van der Waals surface area contributed by atoms with Crippen LogP contribution < -0.4 is 0 Å². The van der Waals surface area contributed by atoms with E-state index < -0.39 is 0 Å². The molecule has 1 aromatic carbocycles. The molecule has 1 radical (unpaired) electrons. The van der Waals surface area contributed by atoms with Crippen molar-refractivity contribution in [1.82, 2.24) is 4.98 Å². The third kappa shape index (κ3) is 2.41. The molecule has 0 bridgehead atoms. The van der Waals surface area contributed by atoms with Gasteiger partial charge in [0.05, 0.1) is 4.88 Å². The highest BCUT2D eigenvalue weighted by molar-refractivity contribution is 7.15. The van der Waals surface area contributed by atoms with Crippen LogP contribution in [0.4, 0.5) is 0 Å². The number of aromatic nitrogens is 1. The van der Waals surface area contributed by atoms with Crippen molar-refractivity contribution in [3.05, 3.63) is 41.5 Å². The summed E-state index contributed by atoms with van der Waals surface area (Å²) in [4.78, 5) is 15.1. The second kappa shape index (κ2) is 4.70. The first-order valence-corrected chi connectivity index (χ1v) is 5.21. The molecule has 0 N–H and O–H groups in total. The first-order chi connectivity index (χ1) is 7.40. The molecular formula is C11H8NO2S. The maximum Gasteiger partial charge on any atom is 0.417 e. The van der Waals surface area contributed by atoms with Gasteiger partial charge in [-0.05, 0) is 5.56 Å². The first-order valence-electron chi connectivity index (χ1n) is 4.39. The van der Waals surface area contributed by atoms with E-state index in [4.69, 9.17) is 0 Å². The molecule has 2 rings (SSSR count). The zero-order valence-electron chi connectivity index (χ0n) is 7.84. The standard InChI is InChI=1S/C11H8NO2S/c13-8-14-7-11-12-6-10(15-11)9-4-2-1-3-5-9/h1-6H,7H2. The van der Waals surface area contributed by atoms with Gasteiger partial charge in [0.1, 0.15) is 11.6 Å². The summed E-state index contributed by atoms with van der Waals surface area (Å²) in [5, 5.41) is 0.775. The fraction of sp³-hybridized carbons (Fsp3) is 0.0909. The minimum absolute atomic E-state index is 0.195. The summed E-state index contributed by atoms with van der Waals surface area (Å²) in [6, 6.07) is 9.96. The molecule has 0 aliphatic heterocycles. The van der Waals surface area contributed by atoms with Crippen LogP contribution in [-0.4, -0.2) is 11.5 Å². The van der Waals surface area contributed by atoms with Gasteiger partial charge in [-0.2, -0.15) is 0 Å². The van der Waals surface area contributed by atoms with Gasteiger partial charge in [0.15, 0.2) is 0 Å². The van der Waals surface area contributed by atoms with Gasteiger partial charge in [-0.25, -0.2) is 9.78 Å². The maximum absolute atomic E-state index is 9.88. The molecule has 1 aromatic heterocycles. The van der Waals surface area contributed by atoms with Crippen LogP contribution in [0.1, 0.15) is 5.01 Å². The molecule has 0 unspecified atom stereocenters. The number of ether oxygens (including phenoxy) is 1. The van der Waals surface area contributed by atoms with E-state index in [0.29, 0.717) is 0 Å². The largest absolute Gasteiger partial charge is 0.450 e. The number of thiazole rings is 1. The van der Waals surface area contributed by atoms with Crippen molar-refractivity contribution in [2.45, 2.75) is 6.61 Å². The summed E-state index contributed by atoms with van der Waals surface area (Å²) in [7, 11) is 0. The second-order valence-corrected chi connectivity index (χ2v) is 3.97. The molecule has 4 heteroatoms. The summed E-state index contributed by atoms with van der Waals surface area (Å²) in [5.74, 6) is 0. The Morgan fingerprint density at radius 1 is 1.33 bits per heavy atom. The van der Waals surface area contributed by atoms with E-state index in [9.17, 15) is 4.79 Å². The van der Waals surface area contributed by atoms with E-state index >= 15 is 0 Å². The third-order valence-electron chi connectivity index (χ3n) is 1.87. The Morgan fingerprint density at radius 2 is 2.13 bits per heavy atom. The Kier molecular flexibility index (Phi) is 3.09. The molecule has 0 saturated carbocycles. The van der Waals surface area contributed by atoms with Crippen molar-refractivity contribution < 1.29 is 9.53 Å². The van der Waals surface area contributed by atoms with Gasteiger partial charge in [-0.1, -0.05) is 30.3 Å². The van der Waals surface area contributed by atoms with Crippen molar-refractivity contribution in [3.8, 4) is 10.4 Å². The van der Waals surface area contributed by atoms with Crippen LogP contribution in [0.25, 0.3) is 10.4 Å². The van der Waals surface area contributed by atoms with Gasteiger partial charge in [0, 0.05) is 6.20 Å². The lowest BCUT2D eigenvalue weighted by Gasteiger charge is -1.93. The van der Waals surface area contributed by atoms with Crippen LogP contribution in [0.5, 0.6) is 0 Å². The number of nitrogens with zero attached hydrogens (tertiary/aromatic N) is 1. The lowest BCUT2D eigenvalue weighted by molar-refractivity contribution is 0.266. The normalized spacial score (nSPS) is 9.87. The predicted octanol–water partition coefficient (Wildman–Crippen LogP) is 2.39. The third-order valence-corrected chi connectivity index (χ3v) is 2.89. The summed E-state index contributed by atoms with van der Waals surface area (Å²) < 4.78 is 4.51. The minimum Gasteiger partial charge on any atom is -0.450 e. The Labute approximate surface area is 91.4 Å². The molecule has 1 heterocycles. The van der Waals surface area contributed by atoms with Crippen molar-refractivity contribution in [2.24, 2.45) is 0 Å². The molecular weight excluding hydrogens is 210 g/mol. The van der Waals surface area contributed by atoms with Gasteiger partial charge in [-0.15, -0.1) is 11.3 Å². The average molecular weight is 218 g/mol. The van der Waals surface area contributed by atoms with Gasteiger partial charge in [0.2, 0.25) is 0 Å². The zero-order chi connectivity index (χ0) is 10.5. The van der Waals surface area contributed by atoms with Gasteiger partial charge < -0.3 is 4.74 Å². The molecule has 2 aromatic rings. The second-order valence-electron chi connectivity index (χ2n) is 2.86. The van der Waals surface area contributed by atoms with E-state index in [1.165, 1.54) is 17.8 Å². The zero-order valence-corrected chi connectivity index (χ0v) is 8.66. The minimum atomic E-state index is 0.195.